The molecular weight excluding hydrogens is 366 g/mol. The van der Waals surface area contributed by atoms with Crippen molar-refractivity contribution in [2.75, 3.05) is 0 Å². The molecule has 0 aliphatic carbocycles. The van der Waals surface area contributed by atoms with Crippen LogP contribution in [0.2, 0.25) is 0 Å². The fourth-order valence-corrected chi connectivity index (χ4v) is 4.55. The summed E-state index contributed by atoms with van der Waals surface area (Å²) >= 11 is 0. The highest BCUT2D eigenvalue weighted by Gasteiger charge is 2.27. The fraction of sp³-hybridized carbons (Fsp3) is 0.111. The summed E-state index contributed by atoms with van der Waals surface area (Å²) in [6.45, 7) is 3.57. The quantitative estimate of drug-likeness (QED) is 0.568. The topological polar surface area (TPSA) is 121 Å². The van der Waals surface area contributed by atoms with Crippen LogP contribution in [0.15, 0.2) is 51.1 Å². The summed E-state index contributed by atoms with van der Waals surface area (Å²) in [7, 11) is -4.00. The molecule has 1 N–H and O–H groups in total. The minimum absolute atomic E-state index is 0.0393. The monoisotopic (exact) mass is 379 g/mol. The third kappa shape index (κ3) is 2.50. The molecule has 134 valence electrons. The number of aryl methyl sites for hydroxylation is 2. The number of rotatable bonds is 2. The highest BCUT2D eigenvalue weighted by atomic mass is 32.2. The first-order valence-corrected chi connectivity index (χ1v) is 9.45. The number of aromatic nitrogens is 4. The fourth-order valence-electron chi connectivity index (χ4n) is 3.07. The zero-order valence-electron chi connectivity index (χ0n) is 14.4. The lowest BCUT2D eigenvalue weighted by atomic mass is 10.2. The predicted molar refractivity (Wildman–Crippen MR) is 97.2 cm³/mol. The number of hydrogen-bond donors (Lipinski definition) is 1. The first-order chi connectivity index (χ1) is 12.8. The van der Waals surface area contributed by atoms with E-state index in [-0.39, 0.29) is 21.0 Å². The lowest BCUT2D eigenvalue weighted by molar-refractivity contribution is 0.592. The molecular formula is C18H13N5O3S. The van der Waals surface area contributed by atoms with Gasteiger partial charge in [-0.2, -0.15) is 9.78 Å². The highest BCUT2D eigenvalue weighted by Crippen LogP contribution is 2.26. The van der Waals surface area contributed by atoms with Crippen LogP contribution in [0.5, 0.6) is 0 Å². The zero-order chi connectivity index (χ0) is 19.3. The number of nitrogens with one attached hydrogen (secondary N) is 1. The minimum Gasteiger partial charge on any atom is -0.304 e. The lowest BCUT2D eigenvalue weighted by Crippen LogP contribution is -2.12. The van der Waals surface area contributed by atoms with Crippen LogP contribution >= 0.6 is 0 Å². The standard InChI is InChI=1S/C18H13N5O3S/c1-10-3-6-15(11(2)7-10)27(25,26)18-16-20-17(24)13-5-4-12(9-19)8-14(13)23(16)22-21-18/h3-8H,1-2H3,(H,20,24). The summed E-state index contributed by atoms with van der Waals surface area (Å²) in [6, 6.07) is 11.4. The van der Waals surface area contributed by atoms with E-state index >= 15 is 0 Å². The lowest BCUT2D eigenvalue weighted by Gasteiger charge is -2.07. The van der Waals surface area contributed by atoms with E-state index in [1.54, 1.807) is 19.1 Å². The Bertz CT molecular complexity index is 1440. The van der Waals surface area contributed by atoms with Crippen molar-refractivity contribution in [1.82, 2.24) is 19.8 Å². The molecule has 0 amide bonds. The van der Waals surface area contributed by atoms with Gasteiger partial charge >= 0.3 is 0 Å². The molecule has 0 spiro atoms. The van der Waals surface area contributed by atoms with Crippen molar-refractivity contribution in [3.05, 3.63) is 63.4 Å². The summed E-state index contributed by atoms with van der Waals surface area (Å²) < 4.78 is 27.5. The van der Waals surface area contributed by atoms with Gasteiger partial charge in [0.1, 0.15) is 0 Å². The van der Waals surface area contributed by atoms with Crippen LogP contribution in [0, 0.1) is 25.2 Å². The zero-order valence-corrected chi connectivity index (χ0v) is 15.2. The maximum absolute atomic E-state index is 13.1. The van der Waals surface area contributed by atoms with Gasteiger partial charge in [0.2, 0.25) is 14.9 Å². The third-order valence-corrected chi connectivity index (χ3v) is 6.17. The van der Waals surface area contributed by atoms with E-state index in [2.05, 4.69) is 15.3 Å². The molecule has 2 aromatic carbocycles. The number of H-pyrrole nitrogens is 1. The van der Waals surface area contributed by atoms with E-state index in [4.69, 9.17) is 5.26 Å². The minimum atomic E-state index is -4.00. The second-order valence-corrected chi connectivity index (χ2v) is 8.06. The van der Waals surface area contributed by atoms with Gasteiger partial charge in [0, 0.05) is 0 Å². The predicted octanol–water partition coefficient (Wildman–Crippen LogP) is 1.89. The molecule has 2 heterocycles. The number of nitrogens with zero attached hydrogens (tertiary/aromatic N) is 4. The number of fused-ring (bicyclic) bond motifs is 3. The van der Waals surface area contributed by atoms with Crippen molar-refractivity contribution in [3.8, 4) is 6.07 Å². The summed E-state index contributed by atoms with van der Waals surface area (Å²) in [5.74, 6) is 0. The molecule has 4 aromatic rings. The van der Waals surface area contributed by atoms with Gasteiger partial charge in [0.05, 0.1) is 27.4 Å². The molecule has 4 rings (SSSR count). The smallest absolute Gasteiger partial charge is 0.259 e. The maximum atomic E-state index is 13.1. The molecule has 0 atom stereocenters. The van der Waals surface area contributed by atoms with Gasteiger partial charge in [-0.25, -0.2) is 8.42 Å². The largest absolute Gasteiger partial charge is 0.304 e. The molecule has 0 saturated carbocycles. The normalized spacial score (nSPS) is 11.7. The molecule has 9 heteroatoms. The van der Waals surface area contributed by atoms with Crippen LogP contribution < -0.4 is 5.56 Å². The second kappa shape index (κ2) is 5.75. The number of sulfone groups is 1. The molecule has 0 fully saturated rings. The molecule has 2 aromatic heterocycles. The van der Waals surface area contributed by atoms with Gasteiger partial charge in [-0.15, -0.1) is 5.10 Å². The number of hydrogen-bond acceptors (Lipinski definition) is 6. The van der Waals surface area contributed by atoms with Crippen LogP contribution in [-0.4, -0.2) is 28.2 Å². The first kappa shape index (κ1) is 16.9. The summed E-state index contributed by atoms with van der Waals surface area (Å²) in [5, 5.41) is 16.8. The van der Waals surface area contributed by atoms with Crippen molar-refractivity contribution in [2.45, 2.75) is 23.8 Å². The number of benzene rings is 2. The van der Waals surface area contributed by atoms with Crippen molar-refractivity contribution < 1.29 is 8.42 Å². The van der Waals surface area contributed by atoms with Crippen molar-refractivity contribution in [3.63, 3.8) is 0 Å². The van der Waals surface area contributed by atoms with E-state index in [0.717, 1.165) is 5.56 Å². The average Bonchev–Trinajstić information content (AvgIpc) is 3.05. The summed E-state index contributed by atoms with van der Waals surface area (Å²) in [6.07, 6.45) is 0. The SMILES string of the molecule is Cc1ccc(S(=O)(=O)c2nnn3c2[nH]c(=O)c2ccc(C#N)cc23)c(C)c1. The Hall–Kier alpha value is -3.51. The van der Waals surface area contributed by atoms with Crippen LogP contribution in [0.1, 0.15) is 16.7 Å². The Morgan fingerprint density at radius 3 is 2.63 bits per heavy atom. The number of nitriles is 1. The van der Waals surface area contributed by atoms with Crippen molar-refractivity contribution >= 4 is 26.4 Å². The van der Waals surface area contributed by atoms with E-state index in [1.807, 2.05) is 13.0 Å². The molecule has 8 nitrogen and oxygen atoms in total. The Morgan fingerprint density at radius 2 is 1.93 bits per heavy atom. The van der Waals surface area contributed by atoms with Gasteiger partial charge in [-0.05, 0) is 43.7 Å². The molecule has 0 radical (unpaired) electrons. The van der Waals surface area contributed by atoms with Gasteiger partial charge in [0.25, 0.3) is 5.56 Å². The molecule has 0 saturated heterocycles. The third-order valence-electron chi connectivity index (χ3n) is 4.35. The molecule has 0 unspecified atom stereocenters. The van der Waals surface area contributed by atoms with Crippen molar-refractivity contribution in [1.29, 1.82) is 5.26 Å². The van der Waals surface area contributed by atoms with Gasteiger partial charge < -0.3 is 4.98 Å². The van der Waals surface area contributed by atoms with E-state index in [1.165, 1.54) is 28.8 Å². The van der Waals surface area contributed by atoms with E-state index in [0.29, 0.717) is 16.6 Å². The Balaban J connectivity index is 2.07. The van der Waals surface area contributed by atoms with Crippen LogP contribution in [0.3, 0.4) is 0 Å². The molecule has 0 aliphatic heterocycles. The molecule has 27 heavy (non-hydrogen) atoms. The van der Waals surface area contributed by atoms with Gasteiger partial charge in [-0.3, -0.25) is 4.79 Å². The van der Waals surface area contributed by atoms with Crippen LogP contribution in [0.4, 0.5) is 0 Å². The second-order valence-electron chi connectivity index (χ2n) is 6.23. The molecule has 0 bridgehead atoms. The number of aromatic amines is 1. The maximum Gasteiger partial charge on any atom is 0.259 e. The Kier molecular flexibility index (Phi) is 3.61. The van der Waals surface area contributed by atoms with Gasteiger partial charge in [-0.1, -0.05) is 22.9 Å². The van der Waals surface area contributed by atoms with E-state index in [9.17, 15) is 13.2 Å². The summed E-state index contributed by atoms with van der Waals surface area (Å²) in [4.78, 5) is 15.1. The average molecular weight is 379 g/mol. The Labute approximate surface area is 153 Å². The van der Waals surface area contributed by atoms with Crippen LogP contribution in [0.25, 0.3) is 16.6 Å². The van der Waals surface area contributed by atoms with Crippen LogP contribution in [-0.2, 0) is 9.84 Å². The van der Waals surface area contributed by atoms with Crippen molar-refractivity contribution in [2.24, 2.45) is 0 Å². The Morgan fingerprint density at radius 1 is 1.15 bits per heavy atom. The molecule has 0 aliphatic rings. The summed E-state index contributed by atoms with van der Waals surface area (Å²) in [5.41, 5.74) is 1.61. The highest BCUT2D eigenvalue weighted by molar-refractivity contribution is 7.91. The van der Waals surface area contributed by atoms with Gasteiger partial charge in [0.15, 0.2) is 5.65 Å². The van der Waals surface area contributed by atoms with E-state index < -0.39 is 15.4 Å². The first-order valence-electron chi connectivity index (χ1n) is 7.97.